The lowest BCUT2D eigenvalue weighted by Crippen LogP contribution is -2.31. The van der Waals surface area contributed by atoms with Gasteiger partial charge in [0.2, 0.25) is 15.8 Å². The number of carbonyl (C=O) groups excluding carboxylic acids is 1. The minimum absolute atomic E-state index is 0.122. The highest BCUT2D eigenvalue weighted by molar-refractivity contribution is 7.89. The summed E-state index contributed by atoms with van der Waals surface area (Å²) < 4.78 is 45.2. The number of aromatic amines is 1. The second-order valence-electron chi connectivity index (χ2n) is 7.74. The van der Waals surface area contributed by atoms with E-state index in [0.717, 1.165) is 21.3 Å². The van der Waals surface area contributed by atoms with Crippen LogP contribution in [0, 0.1) is 5.82 Å². The largest absolute Gasteiger partial charge is 0.501 e. The summed E-state index contributed by atoms with van der Waals surface area (Å²) in [5.74, 6) is -2.18. The molecule has 1 fully saturated rings. The summed E-state index contributed by atoms with van der Waals surface area (Å²) in [6.07, 6.45) is 1.22. The topological polar surface area (TPSA) is 133 Å². The minimum atomic E-state index is -3.98. The van der Waals surface area contributed by atoms with Crippen molar-refractivity contribution in [2.45, 2.75) is 30.2 Å². The SMILES string of the molecule is CN(Cc1ccc(F)cc1S(=O)(=O)N(C)C)C(=O)c1nc(C2CCOCC2)[nH]c(=O)c1O. The first kappa shape index (κ1) is 23.8. The van der Waals surface area contributed by atoms with Crippen molar-refractivity contribution in [1.29, 1.82) is 0 Å². The third kappa shape index (κ3) is 4.81. The molecular formula is C20H25FN4O6S. The molecule has 0 atom stereocenters. The molecule has 1 aromatic carbocycles. The normalized spacial score (nSPS) is 15.2. The van der Waals surface area contributed by atoms with E-state index in [1.165, 1.54) is 27.2 Å². The van der Waals surface area contributed by atoms with Gasteiger partial charge in [-0.2, -0.15) is 0 Å². The maximum atomic E-state index is 13.8. The van der Waals surface area contributed by atoms with E-state index < -0.39 is 38.8 Å². The van der Waals surface area contributed by atoms with Crippen LogP contribution in [0.1, 0.15) is 40.6 Å². The molecule has 0 spiro atoms. The predicted octanol–water partition coefficient (Wildman–Crippen LogP) is 1.03. The summed E-state index contributed by atoms with van der Waals surface area (Å²) in [6.45, 7) is 0.764. The maximum absolute atomic E-state index is 13.8. The van der Waals surface area contributed by atoms with E-state index in [9.17, 15) is 27.5 Å². The lowest BCUT2D eigenvalue weighted by molar-refractivity contribution is 0.0769. The average Bonchev–Trinajstić information content (AvgIpc) is 2.76. The van der Waals surface area contributed by atoms with Crippen LogP contribution in [-0.4, -0.2) is 73.0 Å². The summed E-state index contributed by atoms with van der Waals surface area (Å²) in [6, 6.07) is 3.25. The first-order chi connectivity index (χ1) is 15.0. The number of nitrogens with one attached hydrogen (secondary N) is 1. The molecule has 12 heteroatoms. The molecule has 3 rings (SSSR count). The Kier molecular flexibility index (Phi) is 6.96. The third-order valence-electron chi connectivity index (χ3n) is 5.27. The zero-order valence-corrected chi connectivity index (χ0v) is 18.8. The quantitative estimate of drug-likeness (QED) is 0.647. The van der Waals surface area contributed by atoms with E-state index in [0.29, 0.717) is 26.1 Å². The number of amides is 1. The molecule has 174 valence electrons. The molecule has 2 N–H and O–H groups in total. The van der Waals surface area contributed by atoms with Gasteiger partial charge in [0.05, 0.1) is 4.90 Å². The third-order valence-corrected chi connectivity index (χ3v) is 7.16. The Hall–Kier alpha value is -2.83. The van der Waals surface area contributed by atoms with Crippen molar-refractivity contribution in [1.82, 2.24) is 19.2 Å². The van der Waals surface area contributed by atoms with Gasteiger partial charge in [-0.05, 0) is 30.5 Å². The van der Waals surface area contributed by atoms with Crippen LogP contribution in [-0.2, 0) is 21.3 Å². The number of sulfonamides is 1. The van der Waals surface area contributed by atoms with Crippen molar-refractivity contribution >= 4 is 15.9 Å². The summed E-state index contributed by atoms with van der Waals surface area (Å²) in [7, 11) is 0.0194. The Labute approximate surface area is 184 Å². The van der Waals surface area contributed by atoms with Crippen LogP contribution < -0.4 is 5.56 Å². The smallest absolute Gasteiger partial charge is 0.293 e. The second-order valence-corrected chi connectivity index (χ2v) is 9.86. The zero-order chi connectivity index (χ0) is 23.6. The lowest BCUT2D eigenvalue weighted by atomic mass is 9.99. The first-order valence-electron chi connectivity index (χ1n) is 9.89. The van der Waals surface area contributed by atoms with Gasteiger partial charge in [0.25, 0.3) is 11.5 Å². The van der Waals surface area contributed by atoms with Gasteiger partial charge in [-0.3, -0.25) is 9.59 Å². The Morgan fingerprint density at radius 3 is 2.56 bits per heavy atom. The number of nitrogens with zero attached hydrogens (tertiary/aromatic N) is 3. The van der Waals surface area contributed by atoms with Crippen molar-refractivity contribution < 1.29 is 27.4 Å². The van der Waals surface area contributed by atoms with Gasteiger partial charge in [-0.25, -0.2) is 22.1 Å². The van der Waals surface area contributed by atoms with E-state index in [1.54, 1.807) is 0 Å². The molecule has 0 bridgehead atoms. The molecule has 0 aliphatic carbocycles. The van der Waals surface area contributed by atoms with Crippen molar-refractivity contribution in [2.24, 2.45) is 0 Å². The number of aromatic nitrogens is 2. The van der Waals surface area contributed by atoms with Crippen LogP contribution in [0.25, 0.3) is 0 Å². The fraction of sp³-hybridized carbons (Fsp3) is 0.450. The first-order valence-corrected chi connectivity index (χ1v) is 11.3. The predicted molar refractivity (Wildman–Crippen MR) is 112 cm³/mol. The van der Waals surface area contributed by atoms with E-state index in [1.807, 2.05) is 0 Å². The number of H-pyrrole nitrogens is 1. The van der Waals surface area contributed by atoms with E-state index in [-0.39, 0.29) is 28.7 Å². The molecule has 0 radical (unpaired) electrons. The summed E-state index contributed by atoms with van der Waals surface area (Å²) in [4.78, 5) is 32.7. The number of hydrogen-bond donors (Lipinski definition) is 2. The number of ether oxygens (including phenoxy) is 1. The molecule has 2 heterocycles. The van der Waals surface area contributed by atoms with Crippen LogP contribution in [0.2, 0.25) is 0 Å². The van der Waals surface area contributed by atoms with Crippen molar-refractivity contribution in [3.05, 3.63) is 51.5 Å². The summed E-state index contributed by atoms with van der Waals surface area (Å²) in [5, 5.41) is 10.2. The highest BCUT2D eigenvalue weighted by atomic mass is 32.2. The van der Waals surface area contributed by atoms with Crippen LogP contribution in [0.3, 0.4) is 0 Å². The number of aromatic hydroxyl groups is 1. The van der Waals surface area contributed by atoms with E-state index in [4.69, 9.17) is 4.74 Å². The van der Waals surface area contributed by atoms with E-state index in [2.05, 4.69) is 9.97 Å². The Bertz CT molecular complexity index is 1180. The highest BCUT2D eigenvalue weighted by Gasteiger charge is 2.27. The maximum Gasteiger partial charge on any atom is 0.293 e. The van der Waals surface area contributed by atoms with Crippen molar-refractivity contribution in [3.8, 4) is 5.75 Å². The average molecular weight is 469 g/mol. The molecule has 32 heavy (non-hydrogen) atoms. The van der Waals surface area contributed by atoms with Crippen LogP contribution in [0.15, 0.2) is 27.9 Å². The van der Waals surface area contributed by atoms with Crippen LogP contribution in [0.5, 0.6) is 5.75 Å². The number of rotatable bonds is 6. The highest BCUT2D eigenvalue weighted by Crippen LogP contribution is 2.26. The molecule has 0 saturated carbocycles. The standard InChI is InChI=1S/C20H25FN4O6S/c1-24(2)32(29,30)15-10-14(21)5-4-13(15)11-25(3)20(28)16-17(26)19(27)23-18(22-16)12-6-8-31-9-7-12/h4-5,10,12,26H,6-9,11H2,1-3H3,(H,22,23,27). The molecule has 2 aromatic rings. The molecule has 1 aliphatic heterocycles. The Morgan fingerprint density at radius 2 is 1.94 bits per heavy atom. The Morgan fingerprint density at radius 1 is 1.28 bits per heavy atom. The minimum Gasteiger partial charge on any atom is -0.501 e. The van der Waals surface area contributed by atoms with Crippen molar-refractivity contribution in [3.63, 3.8) is 0 Å². The van der Waals surface area contributed by atoms with Gasteiger partial charge in [-0.15, -0.1) is 0 Å². The zero-order valence-electron chi connectivity index (χ0n) is 18.0. The number of benzene rings is 1. The fourth-order valence-electron chi connectivity index (χ4n) is 3.40. The van der Waals surface area contributed by atoms with Gasteiger partial charge in [0.1, 0.15) is 11.6 Å². The Balaban J connectivity index is 1.93. The van der Waals surface area contributed by atoms with Gasteiger partial charge in [0, 0.05) is 46.8 Å². The monoisotopic (exact) mass is 468 g/mol. The second kappa shape index (κ2) is 9.35. The van der Waals surface area contributed by atoms with E-state index >= 15 is 0 Å². The molecule has 1 saturated heterocycles. The molecule has 1 aromatic heterocycles. The van der Waals surface area contributed by atoms with Crippen LogP contribution >= 0.6 is 0 Å². The van der Waals surface area contributed by atoms with Gasteiger partial charge < -0.3 is 19.7 Å². The number of halogens is 1. The lowest BCUT2D eigenvalue weighted by Gasteiger charge is -2.23. The van der Waals surface area contributed by atoms with Crippen molar-refractivity contribution in [2.75, 3.05) is 34.4 Å². The van der Waals surface area contributed by atoms with Gasteiger partial charge >= 0.3 is 0 Å². The molecule has 0 unspecified atom stereocenters. The molecule has 1 aliphatic rings. The number of hydrogen-bond acceptors (Lipinski definition) is 7. The summed E-state index contributed by atoms with van der Waals surface area (Å²) >= 11 is 0. The fourth-order valence-corrected chi connectivity index (χ4v) is 4.52. The van der Waals surface area contributed by atoms with Crippen LogP contribution in [0.4, 0.5) is 4.39 Å². The molecule has 1 amide bonds. The van der Waals surface area contributed by atoms with Gasteiger partial charge in [-0.1, -0.05) is 6.07 Å². The molecular weight excluding hydrogens is 443 g/mol. The molecule has 10 nitrogen and oxygen atoms in total. The summed E-state index contributed by atoms with van der Waals surface area (Å²) in [5.41, 5.74) is -1.10. The van der Waals surface area contributed by atoms with Gasteiger partial charge in [0.15, 0.2) is 5.69 Å². The number of carbonyl (C=O) groups is 1.